The molecular weight excluding hydrogens is 188 g/mol. The molecule has 72 valence electrons. The van der Waals surface area contributed by atoms with E-state index in [4.69, 9.17) is 0 Å². The predicted molar refractivity (Wildman–Crippen MR) is 49.8 cm³/mol. The van der Waals surface area contributed by atoms with Crippen molar-refractivity contribution in [2.45, 2.75) is 18.7 Å². The minimum Gasteiger partial charge on any atom is -0.260 e. The maximum absolute atomic E-state index is 11.5. The molecule has 0 aliphatic heterocycles. The predicted octanol–water partition coefficient (Wildman–Crippen LogP) is 0.688. The van der Waals surface area contributed by atoms with E-state index in [1.165, 1.54) is 0 Å². The van der Waals surface area contributed by atoms with Crippen LogP contribution in [0.3, 0.4) is 0 Å². The fourth-order valence-corrected chi connectivity index (χ4v) is 2.26. The standard InChI is InChI=1S/C8H12N2O2S/c1-3-10-13(11,12)8-5-4-6-9-7(8)2/h4-6,10H,3H2,1-2H3. The first kappa shape index (κ1) is 10.1. The number of nitrogens with zero attached hydrogens (tertiary/aromatic N) is 1. The van der Waals surface area contributed by atoms with E-state index in [1.807, 2.05) is 0 Å². The van der Waals surface area contributed by atoms with Crippen LogP contribution in [0.1, 0.15) is 12.6 Å². The van der Waals surface area contributed by atoms with E-state index in [0.717, 1.165) is 0 Å². The summed E-state index contributed by atoms with van der Waals surface area (Å²) in [6.45, 7) is 3.80. The summed E-state index contributed by atoms with van der Waals surface area (Å²) in [5.74, 6) is 0. The topological polar surface area (TPSA) is 59.1 Å². The normalized spacial score (nSPS) is 11.5. The number of aromatic nitrogens is 1. The second-order valence-electron chi connectivity index (χ2n) is 2.59. The molecule has 1 heterocycles. The summed E-state index contributed by atoms with van der Waals surface area (Å²) in [4.78, 5) is 4.16. The molecule has 1 N–H and O–H groups in total. The van der Waals surface area contributed by atoms with Gasteiger partial charge in [-0.1, -0.05) is 6.92 Å². The molecule has 0 saturated carbocycles. The molecule has 1 aromatic heterocycles. The van der Waals surface area contributed by atoms with E-state index in [1.54, 1.807) is 32.2 Å². The van der Waals surface area contributed by atoms with Gasteiger partial charge in [-0.15, -0.1) is 0 Å². The molecule has 0 aromatic carbocycles. The molecule has 0 unspecified atom stereocenters. The number of aryl methyl sites for hydroxylation is 1. The third-order valence-electron chi connectivity index (χ3n) is 1.58. The fourth-order valence-electron chi connectivity index (χ4n) is 1.02. The highest BCUT2D eigenvalue weighted by Gasteiger charge is 2.14. The zero-order chi connectivity index (χ0) is 9.90. The minimum atomic E-state index is -3.35. The second-order valence-corrected chi connectivity index (χ2v) is 4.32. The molecule has 4 nitrogen and oxygen atoms in total. The first-order chi connectivity index (χ1) is 6.08. The molecule has 0 fully saturated rings. The van der Waals surface area contributed by atoms with Gasteiger partial charge in [0.05, 0.1) is 5.69 Å². The molecule has 5 heteroatoms. The van der Waals surface area contributed by atoms with Gasteiger partial charge in [-0.05, 0) is 19.1 Å². The summed E-state index contributed by atoms with van der Waals surface area (Å²) in [5, 5.41) is 0. The lowest BCUT2D eigenvalue weighted by atomic mass is 10.4. The van der Waals surface area contributed by atoms with Crippen LogP contribution in [0.25, 0.3) is 0 Å². The van der Waals surface area contributed by atoms with Gasteiger partial charge in [-0.25, -0.2) is 13.1 Å². The van der Waals surface area contributed by atoms with Gasteiger partial charge in [0.2, 0.25) is 10.0 Å². The third kappa shape index (κ3) is 2.26. The number of nitrogens with one attached hydrogen (secondary N) is 1. The summed E-state index contributed by atoms with van der Waals surface area (Å²) in [5.41, 5.74) is 0.517. The van der Waals surface area contributed by atoms with Gasteiger partial charge in [-0.2, -0.15) is 0 Å². The molecule has 0 saturated heterocycles. The quantitative estimate of drug-likeness (QED) is 0.781. The van der Waals surface area contributed by atoms with Crippen molar-refractivity contribution in [1.82, 2.24) is 9.71 Å². The van der Waals surface area contributed by atoms with Crippen LogP contribution in [0.4, 0.5) is 0 Å². The van der Waals surface area contributed by atoms with Gasteiger partial charge in [0, 0.05) is 12.7 Å². The molecule has 0 amide bonds. The molecule has 0 radical (unpaired) electrons. The Bertz CT molecular complexity index is 387. The highest BCUT2D eigenvalue weighted by molar-refractivity contribution is 7.89. The Morgan fingerprint density at radius 3 is 2.77 bits per heavy atom. The van der Waals surface area contributed by atoms with Crippen LogP contribution < -0.4 is 4.72 Å². The van der Waals surface area contributed by atoms with Crippen LogP contribution in [-0.2, 0) is 10.0 Å². The van der Waals surface area contributed by atoms with Crippen LogP contribution in [0.2, 0.25) is 0 Å². The molecule has 13 heavy (non-hydrogen) atoms. The van der Waals surface area contributed by atoms with E-state index < -0.39 is 10.0 Å². The average molecular weight is 200 g/mol. The van der Waals surface area contributed by atoms with Crippen molar-refractivity contribution in [2.75, 3.05) is 6.54 Å². The van der Waals surface area contributed by atoms with Gasteiger partial charge < -0.3 is 0 Å². The summed E-state index contributed by atoms with van der Waals surface area (Å²) in [6, 6.07) is 3.15. The van der Waals surface area contributed by atoms with Gasteiger partial charge in [-0.3, -0.25) is 4.98 Å². The van der Waals surface area contributed by atoms with Crippen molar-refractivity contribution in [3.8, 4) is 0 Å². The van der Waals surface area contributed by atoms with Gasteiger partial charge in [0.15, 0.2) is 0 Å². The molecule has 0 bridgehead atoms. The Balaban J connectivity index is 3.15. The van der Waals surface area contributed by atoms with Crippen LogP contribution in [0, 0.1) is 6.92 Å². The van der Waals surface area contributed by atoms with E-state index >= 15 is 0 Å². The van der Waals surface area contributed by atoms with Crippen LogP contribution >= 0.6 is 0 Å². The molecule has 0 aliphatic rings. The molecule has 0 atom stereocenters. The Morgan fingerprint density at radius 1 is 1.54 bits per heavy atom. The van der Waals surface area contributed by atoms with Crippen molar-refractivity contribution in [3.63, 3.8) is 0 Å². The summed E-state index contributed by atoms with van der Waals surface area (Å²) < 4.78 is 25.4. The van der Waals surface area contributed by atoms with Crippen molar-refractivity contribution >= 4 is 10.0 Å². The van der Waals surface area contributed by atoms with Crippen molar-refractivity contribution in [2.24, 2.45) is 0 Å². The minimum absolute atomic E-state index is 0.247. The van der Waals surface area contributed by atoms with Crippen molar-refractivity contribution in [1.29, 1.82) is 0 Å². The maximum Gasteiger partial charge on any atom is 0.242 e. The van der Waals surface area contributed by atoms with Crippen LogP contribution in [0.5, 0.6) is 0 Å². The van der Waals surface area contributed by atoms with Crippen LogP contribution in [-0.4, -0.2) is 19.9 Å². The molecular formula is C8H12N2O2S. The van der Waals surface area contributed by atoms with Gasteiger partial charge >= 0.3 is 0 Å². The fraction of sp³-hybridized carbons (Fsp3) is 0.375. The summed E-state index contributed by atoms with van der Waals surface area (Å²) >= 11 is 0. The Morgan fingerprint density at radius 2 is 2.23 bits per heavy atom. The smallest absolute Gasteiger partial charge is 0.242 e. The molecule has 1 rings (SSSR count). The lowest BCUT2D eigenvalue weighted by Gasteiger charge is -2.05. The first-order valence-corrected chi connectivity index (χ1v) is 5.47. The first-order valence-electron chi connectivity index (χ1n) is 3.99. The third-order valence-corrected chi connectivity index (χ3v) is 3.26. The van der Waals surface area contributed by atoms with E-state index in [0.29, 0.717) is 12.2 Å². The highest BCUT2D eigenvalue weighted by Crippen LogP contribution is 2.10. The van der Waals surface area contributed by atoms with Gasteiger partial charge in [0.25, 0.3) is 0 Å². The SMILES string of the molecule is CCNS(=O)(=O)c1cccnc1C. The molecule has 0 aliphatic carbocycles. The Kier molecular flexibility index (Phi) is 3.00. The summed E-state index contributed by atoms with van der Waals surface area (Å²) in [6.07, 6.45) is 1.57. The number of sulfonamides is 1. The second kappa shape index (κ2) is 3.85. The van der Waals surface area contributed by atoms with Gasteiger partial charge in [0.1, 0.15) is 4.90 Å². The molecule has 0 spiro atoms. The van der Waals surface area contributed by atoms with Crippen LogP contribution in [0.15, 0.2) is 23.2 Å². The Labute approximate surface area is 78.1 Å². The number of pyridine rings is 1. The maximum atomic E-state index is 11.5. The largest absolute Gasteiger partial charge is 0.260 e. The number of hydrogen-bond donors (Lipinski definition) is 1. The average Bonchev–Trinajstić information content (AvgIpc) is 2.04. The lowest BCUT2D eigenvalue weighted by molar-refractivity contribution is 0.582. The number of rotatable bonds is 3. The van der Waals surface area contributed by atoms with E-state index in [2.05, 4.69) is 9.71 Å². The zero-order valence-electron chi connectivity index (χ0n) is 7.61. The molecule has 1 aromatic rings. The zero-order valence-corrected chi connectivity index (χ0v) is 8.43. The highest BCUT2D eigenvalue weighted by atomic mass is 32.2. The Hall–Kier alpha value is -0.940. The van der Waals surface area contributed by atoms with E-state index in [9.17, 15) is 8.42 Å². The number of hydrogen-bond acceptors (Lipinski definition) is 3. The summed E-state index contributed by atoms with van der Waals surface area (Å²) in [7, 11) is -3.35. The monoisotopic (exact) mass is 200 g/mol. The lowest BCUT2D eigenvalue weighted by Crippen LogP contribution is -2.24. The van der Waals surface area contributed by atoms with Crippen molar-refractivity contribution < 1.29 is 8.42 Å². The van der Waals surface area contributed by atoms with Crippen molar-refractivity contribution in [3.05, 3.63) is 24.0 Å². The van der Waals surface area contributed by atoms with E-state index in [-0.39, 0.29) is 4.90 Å².